The Morgan fingerprint density at radius 1 is 0.977 bits per heavy atom. The van der Waals surface area contributed by atoms with Crippen molar-refractivity contribution in [2.24, 2.45) is 0 Å². The van der Waals surface area contributed by atoms with Crippen molar-refractivity contribution in [3.8, 4) is 11.1 Å². The number of alkyl halides is 6. The first kappa shape index (κ1) is 30.9. The summed E-state index contributed by atoms with van der Waals surface area (Å²) in [7, 11) is 1.67. The van der Waals surface area contributed by atoms with Gasteiger partial charge in [0.1, 0.15) is 35.4 Å². The number of halogens is 8. The average molecular weight is 625 g/mol. The molecule has 7 nitrogen and oxygen atoms in total. The second-order valence-electron chi connectivity index (χ2n) is 10.2. The Bertz CT molecular complexity index is 1650. The molecule has 0 unspecified atom stereocenters. The number of aromatic nitrogens is 4. The van der Waals surface area contributed by atoms with Gasteiger partial charge >= 0.3 is 0 Å². The zero-order valence-electron chi connectivity index (χ0n) is 22.9. The molecule has 0 saturated heterocycles. The fourth-order valence-corrected chi connectivity index (χ4v) is 5.23. The molecule has 232 valence electrons. The van der Waals surface area contributed by atoms with Crippen LogP contribution in [0.2, 0.25) is 0 Å². The molecular formula is C29H24F8N6O. The van der Waals surface area contributed by atoms with Crippen LogP contribution in [0.15, 0.2) is 54.9 Å². The van der Waals surface area contributed by atoms with E-state index in [2.05, 4.69) is 25.7 Å². The van der Waals surface area contributed by atoms with E-state index in [0.717, 1.165) is 12.1 Å². The van der Waals surface area contributed by atoms with Gasteiger partial charge in [0, 0.05) is 49.5 Å². The Hall–Kier alpha value is -4.56. The van der Waals surface area contributed by atoms with Crippen LogP contribution in [0.5, 0.6) is 0 Å². The highest BCUT2D eigenvalue weighted by molar-refractivity contribution is 5.77. The average Bonchev–Trinajstić information content (AvgIpc) is 3.37. The second kappa shape index (κ2) is 11.8. The van der Waals surface area contributed by atoms with E-state index in [1.807, 2.05) is 0 Å². The lowest BCUT2D eigenvalue weighted by Gasteiger charge is -2.29. The maximum Gasteiger partial charge on any atom is 0.290 e. The first-order valence-corrected chi connectivity index (χ1v) is 13.3. The van der Waals surface area contributed by atoms with Crippen molar-refractivity contribution in [3.63, 3.8) is 0 Å². The summed E-state index contributed by atoms with van der Waals surface area (Å²) < 4.78 is 114. The fourth-order valence-electron chi connectivity index (χ4n) is 5.23. The zero-order chi connectivity index (χ0) is 31.8. The number of nitrogens with zero attached hydrogens (tertiary/aromatic N) is 4. The molecule has 0 spiro atoms. The molecule has 1 aliphatic rings. The minimum atomic E-state index is -4.01. The molecule has 44 heavy (non-hydrogen) atoms. The molecule has 4 aromatic rings. The summed E-state index contributed by atoms with van der Waals surface area (Å²) in [6.45, 7) is -1.13. The van der Waals surface area contributed by atoms with Crippen molar-refractivity contribution in [1.29, 1.82) is 0 Å². The summed E-state index contributed by atoms with van der Waals surface area (Å²) in [5, 5.41) is 8.71. The topological polar surface area (TPSA) is 84.7 Å². The Kier molecular flexibility index (Phi) is 8.32. The second-order valence-corrected chi connectivity index (χ2v) is 10.2. The molecule has 0 saturated carbocycles. The van der Waals surface area contributed by atoms with Crippen LogP contribution >= 0.6 is 0 Å². The molecule has 0 bridgehead atoms. The summed E-state index contributed by atoms with van der Waals surface area (Å²) in [5.74, 6) is -10.3. The first-order chi connectivity index (χ1) is 20.8. The quantitative estimate of drug-likeness (QED) is 0.203. The van der Waals surface area contributed by atoms with Crippen LogP contribution in [-0.4, -0.2) is 32.7 Å². The molecule has 1 aliphatic carbocycles. The Labute approximate surface area is 245 Å². The fraction of sp³-hybridized carbons (Fsp3) is 0.310. The van der Waals surface area contributed by atoms with Crippen molar-refractivity contribution < 1.29 is 39.9 Å². The number of hydrogen-bond donors (Lipinski definition) is 2. The van der Waals surface area contributed by atoms with E-state index in [1.54, 1.807) is 31.3 Å². The third-order valence-corrected chi connectivity index (χ3v) is 7.14. The number of nitrogens with one attached hydrogen (secondary N) is 2. The van der Waals surface area contributed by atoms with E-state index in [9.17, 15) is 39.9 Å². The Morgan fingerprint density at radius 2 is 1.68 bits per heavy atom. The largest absolute Gasteiger partial charge is 0.373 e. The van der Waals surface area contributed by atoms with Gasteiger partial charge < -0.3 is 10.6 Å². The van der Waals surface area contributed by atoms with Crippen molar-refractivity contribution in [2.75, 3.05) is 12.4 Å². The molecule has 3 aromatic heterocycles. The smallest absolute Gasteiger partial charge is 0.290 e. The van der Waals surface area contributed by atoms with E-state index in [-0.39, 0.29) is 22.4 Å². The van der Waals surface area contributed by atoms with Crippen LogP contribution in [0.4, 0.5) is 40.9 Å². The Morgan fingerprint density at radius 3 is 2.32 bits per heavy atom. The van der Waals surface area contributed by atoms with Crippen LogP contribution in [0.1, 0.15) is 53.5 Å². The summed E-state index contributed by atoms with van der Waals surface area (Å²) in [6.07, 6.45) is -3.67. The predicted molar refractivity (Wildman–Crippen MR) is 142 cm³/mol. The lowest BCUT2D eigenvalue weighted by Crippen LogP contribution is -2.37. The first-order valence-electron chi connectivity index (χ1n) is 13.3. The van der Waals surface area contributed by atoms with Gasteiger partial charge in [0.05, 0.1) is 17.3 Å². The molecule has 2 N–H and O–H groups in total. The van der Waals surface area contributed by atoms with Gasteiger partial charge in [-0.15, -0.1) is 0 Å². The normalized spacial score (nSPS) is 16.0. The summed E-state index contributed by atoms with van der Waals surface area (Å²) >= 11 is 0. The van der Waals surface area contributed by atoms with E-state index >= 15 is 0 Å². The third kappa shape index (κ3) is 6.21. The van der Waals surface area contributed by atoms with Gasteiger partial charge in [-0.1, -0.05) is 6.07 Å². The van der Waals surface area contributed by atoms with Crippen molar-refractivity contribution >= 4 is 11.7 Å². The van der Waals surface area contributed by atoms with E-state index in [4.69, 9.17) is 0 Å². The molecule has 15 heteroatoms. The number of anilines is 1. The van der Waals surface area contributed by atoms with Crippen molar-refractivity contribution in [2.45, 2.75) is 50.1 Å². The summed E-state index contributed by atoms with van der Waals surface area (Å²) in [5.41, 5.74) is -3.31. The standard InChI is InChI=1S/C29H24F8N6O/c1-38-21-5-4-16(13-40-21)19-3-2-8-39-24(19)20(11-15-9-17(30)12-18(31)10-15)41-22(44)14-43-26-23(25(42-43)27(32)33)28(34,35)6-7-29(26,36)37/h2-5,8-10,12-13,20,27H,6-7,11,14H2,1H3,(H,38,40)(H,41,44)/t20-/m0/s1. The lowest BCUT2D eigenvalue weighted by molar-refractivity contribution is -0.123. The lowest BCUT2D eigenvalue weighted by atomic mass is 9.89. The Balaban J connectivity index is 1.53. The maximum atomic E-state index is 14.9. The highest BCUT2D eigenvalue weighted by atomic mass is 19.3. The van der Waals surface area contributed by atoms with Gasteiger partial charge in [-0.05, 0) is 42.3 Å². The molecule has 1 atom stereocenters. The van der Waals surface area contributed by atoms with Crippen LogP contribution in [0.25, 0.3) is 11.1 Å². The van der Waals surface area contributed by atoms with E-state index in [0.29, 0.717) is 23.0 Å². The molecule has 1 aromatic carbocycles. The van der Waals surface area contributed by atoms with Gasteiger partial charge in [-0.2, -0.15) is 13.9 Å². The zero-order valence-corrected chi connectivity index (χ0v) is 22.9. The van der Waals surface area contributed by atoms with Gasteiger partial charge in [0.2, 0.25) is 5.91 Å². The van der Waals surface area contributed by atoms with Crippen molar-refractivity contribution in [3.05, 3.63) is 94.7 Å². The van der Waals surface area contributed by atoms with Crippen LogP contribution in [0, 0.1) is 11.6 Å². The highest BCUT2D eigenvalue weighted by Crippen LogP contribution is 2.52. The summed E-state index contributed by atoms with van der Waals surface area (Å²) in [6, 6.07) is 8.14. The van der Waals surface area contributed by atoms with Gasteiger partial charge in [-0.25, -0.2) is 31.3 Å². The van der Waals surface area contributed by atoms with E-state index in [1.165, 1.54) is 12.4 Å². The monoisotopic (exact) mass is 624 g/mol. The number of pyridine rings is 2. The number of carbonyl (C=O) groups is 1. The van der Waals surface area contributed by atoms with Gasteiger partial charge in [0.15, 0.2) is 0 Å². The SMILES string of the molecule is CNc1ccc(-c2cccnc2[C@H](Cc2cc(F)cc(F)c2)NC(=O)Cn2nc(C(F)F)c3c2C(F)(F)CCC3(F)F)cn1. The molecule has 5 rings (SSSR count). The molecule has 0 radical (unpaired) electrons. The van der Waals surface area contributed by atoms with Crippen LogP contribution in [0.3, 0.4) is 0 Å². The molecule has 0 aliphatic heterocycles. The minimum absolute atomic E-state index is 0.0932. The minimum Gasteiger partial charge on any atom is -0.373 e. The van der Waals surface area contributed by atoms with Crippen molar-refractivity contribution in [1.82, 2.24) is 25.1 Å². The molecular weight excluding hydrogens is 600 g/mol. The number of fused-ring (bicyclic) bond motifs is 1. The number of hydrogen-bond acceptors (Lipinski definition) is 5. The molecule has 1 amide bonds. The molecule has 0 fully saturated rings. The maximum absolute atomic E-state index is 14.9. The number of carbonyl (C=O) groups excluding carboxylic acids is 1. The summed E-state index contributed by atoms with van der Waals surface area (Å²) in [4.78, 5) is 21.9. The number of amides is 1. The van der Waals surface area contributed by atoms with E-state index < -0.39 is 78.2 Å². The highest BCUT2D eigenvalue weighted by Gasteiger charge is 2.55. The molecule has 3 heterocycles. The predicted octanol–water partition coefficient (Wildman–Crippen LogP) is 6.68. The van der Waals surface area contributed by atoms with Crippen LogP contribution < -0.4 is 10.6 Å². The third-order valence-electron chi connectivity index (χ3n) is 7.14. The van der Waals surface area contributed by atoms with Gasteiger partial charge in [-0.3, -0.25) is 14.5 Å². The number of benzene rings is 1. The van der Waals surface area contributed by atoms with Crippen LogP contribution in [-0.2, 0) is 29.6 Å². The number of rotatable bonds is 9. The van der Waals surface area contributed by atoms with Gasteiger partial charge in [0.25, 0.3) is 18.3 Å².